The molecular formula is C9H16N4O2. The summed E-state index contributed by atoms with van der Waals surface area (Å²) in [6, 6.07) is 1.92. The van der Waals surface area contributed by atoms with Crippen molar-refractivity contribution >= 4 is 5.91 Å². The van der Waals surface area contributed by atoms with Crippen LogP contribution in [0.5, 0.6) is 0 Å². The number of nitrogens with zero attached hydrogens (tertiary/aromatic N) is 2. The minimum absolute atomic E-state index is 0.188. The number of primary amides is 1. The lowest BCUT2D eigenvalue weighted by molar-refractivity contribution is -0.125. The van der Waals surface area contributed by atoms with Gasteiger partial charge in [0.1, 0.15) is 6.10 Å². The van der Waals surface area contributed by atoms with E-state index in [1.54, 1.807) is 10.9 Å². The van der Waals surface area contributed by atoms with Gasteiger partial charge in [-0.25, -0.2) is 0 Å². The summed E-state index contributed by atoms with van der Waals surface area (Å²) < 4.78 is 1.78. The zero-order valence-corrected chi connectivity index (χ0v) is 8.68. The number of rotatable bonds is 6. The van der Waals surface area contributed by atoms with Crippen molar-refractivity contribution in [3.05, 3.63) is 18.0 Å². The number of amides is 1. The zero-order chi connectivity index (χ0) is 11.3. The molecule has 1 atom stereocenters. The van der Waals surface area contributed by atoms with Crippen LogP contribution in [0.25, 0.3) is 0 Å². The molecule has 1 amide bonds. The number of carbonyl (C=O) groups excluding carboxylic acids is 1. The van der Waals surface area contributed by atoms with Gasteiger partial charge in [0.25, 0.3) is 0 Å². The fraction of sp³-hybridized carbons (Fsp3) is 0.556. The van der Waals surface area contributed by atoms with E-state index in [2.05, 4.69) is 10.4 Å². The Kier molecular flexibility index (Phi) is 4.26. The zero-order valence-electron chi connectivity index (χ0n) is 8.68. The van der Waals surface area contributed by atoms with Gasteiger partial charge in [0, 0.05) is 38.4 Å². The molecule has 1 unspecified atom stereocenters. The van der Waals surface area contributed by atoms with Crippen LogP contribution >= 0.6 is 0 Å². The fourth-order valence-corrected chi connectivity index (χ4v) is 1.20. The predicted molar refractivity (Wildman–Crippen MR) is 55.0 cm³/mol. The molecule has 0 saturated heterocycles. The summed E-state index contributed by atoms with van der Waals surface area (Å²) in [4.78, 5) is 10.5. The normalized spacial score (nSPS) is 12.7. The van der Waals surface area contributed by atoms with Gasteiger partial charge in [-0.05, 0) is 6.07 Å². The standard InChI is InChI=1S/C9H16N4O2/c1-13-7(3-5-12-13)2-4-11-6-8(14)9(10)15/h3,5,8,11,14H,2,4,6H2,1H3,(H2,10,15). The summed E-state index contributed by atoms with van der Waals surface area (Å²) in [5.74, 6) is -0.706. The van der Waals surface area contributed by atoms with Crippen molar-refractivity contribution in [3.8, 4) is 0 Å². The topological polar surface area (TPSA) is 93.2 Å². The average Bonchev–Trinajstić information content (AvgIpc) is 2.58. The van der Waals surface area contributed by atoms with Crippen molar-refractivity contribution in [1.29, 1.82) is 0 Å². The summed E-state index contributed by atoms with van der Waals surface area (Å²) in [7, 11) is 1.87. The Morgan fingerprint density at radius 1 is 1.80 bits per heavy atom. The number of nitrogens with one attached hydrogen (secondary N) is 1. The van der Waals surface area contributed by atoms with Gasteiger partial charge < -0.3 is 16.2 Å². The van der Waals surface area contributed by atoms with Crippen LogP contribution in [-0.2, 0) is 18.3 Å². The molecule has 0 spiro atoms. The van der Waals surface area contributed by atoms with E-state index in [1.807, 2.05) is 13.1 Å². The number of aliphatic hydroxyl groups excluding tert-OH is 1. The number of aromatic nitrogens is 2. The summed E-state index contributed by atoms with van der Waals surface area (Å²) in [5, 5.41) is 16.0. The maximum atomic E-state index is 10.5. The molecule has 1 heterocycles. The van der Waals surface area contributed by atoms with Crippen LogP contribution in [0.15, 0.2) is 12.3 Å². The number of aliphatic hydroxyl groups is 1. The highest BCUT2D eigenvalue weighted by Crippen LogP contribution is 1.95. The summed E-state index contributed by atoms with van der Waals surface area (Å²) in [6.45, 7) is 0.858. The number of aryl methyl sites for hydroxylation is 1. The molecule has 15 heavy (non-hydrogen) atoms. The SMILES string of the molecule is Cn1nccc1CCNCC(O)C(N)=O. The summed E-state index contributed by atoms with van der Waals surface area (Å²) in [5.41, 5.74) is 5.99. The fourth-order valence-electron chi connectivity index (χ4n) is 1.20. The van der Waals surface area contributed by atoms with E-state index in [1.165, 1.54) is 0 Å². The van der Waals surface area contributed by atoms with Crippen LogP contribution in [0.2, 0.25) is 0 Å². The number of hydrogen-bond acceptors (Lipinski definition) is 4. The lowest BCUT2D eigenvalue weighted by Crippen LogP contribution is -2.38. The molecule has 0 aliphatic carbocycles. The van der Waals surface area contributed by atoms with E-state index >= 15 is 0 Å². The Hall–Kier alpha value is -1.40. The van der Waals surface area contributed by atoms with Crippen LogP contribution in [-0.4, -0.2) is 40.0 Å². The highest BCUT2D eigenvalue weighted by Gasteiger charge is 2.09. The van der Waals surface area contributed by atoms with Crippen molar-refractivity contribution in [3.63, 3.8) is 0 Å². The highest BCUT2D eigenvalue weighted by molar-refractivity contribution is 5.78. The molecular weight excluding hydrogens is 196 g/mol. The van der Waals surface area contributed by atoms with E-state index < -0.39 is 12.0 Å². The van der Waals surface area contributed by atoms with E-state index in [9.17, 15) is 4.79 Å². The Bertz CT molecular complexity index is 324. The molecule has 6 nitrogen and oxygen atoms in total. The van der Waals surface area contributed by atoms with Crippen LogP contribution < -0.4 is 11.1 Å². The van der Waals surface area contributed by atoms with Crippen molar-refractivity contribution in [2.75, 3.05) is 13.1 Å². The van der Waals surface area contributed by atoms with Crippen molar-refractivity contribution < 1.29 is 9.90 Å². The van der Waals surface area contributed by atoms with Crippen LogP contribution in [0, 0.1) is 0 Å². The summed E-state index contributed by atoms with van der Waals surface area (Å²) >= 11 is 0. The molecule has 6 heteroatoms. The lowest BCUT2D eigenvalue weighted by atomic mass is 10.3. The Morgan fingerprint density at radius 3 is 3.07 bits per heavy atom. The van der Waals surface area contributed by atoms with Crippen LogP contribution in [0.4, 0.5) is 0 Å². The molecule has 0 radical (unpaired) electrons. The number of carbonyl (C=O) groups is 1. The van der Waals surface area contributed by atoms with E-state index in [0.29, 0.717) is 6.54 Å². The van der Waals surface area contributed by atoms with Gasteiger partial charge in [-0.15, -0.1) is 0 Å². The Morgan fingerprint density at radius 2 is 2.53 bits per heavy atom. The molecule has 0 saturated carbocycles. The molecule has 0 bridgehead atoms. The molecule has 1 aromatic rings. The van der Waals surface area contributed by atoms with Crippen LogP contribution in [0.3, 0.4) is 0 Å². The van der Waals surface area contributed by atoms with Crippen molar-refractivity contribution in [2.45, 2.75) is 12.5 Å². The highest BCUT2D eigenvalue weighted by atomic mass is 16.3. The molecule has 0 aliphatic heterocycles. The molecule has 1 rings (SSSR count). The molecule has 0 fully saturated rings. The molecule has 0 aromatic carbocycles. The maximum Gasteiger partial charge on any atom is 0.247 e. The van der Waals surface area contributed by atoms with Crippen molar-refractivity contribution in [2.24, 2.45) is 12.8 Å². The minimum Gasteiger partial charge on any atom is -0.382 e. The first kappa shape index (κ1) is 11.7. The van der Waals surface area contributed by atoms with E-state index in [-0.39, 0.29) is 6.54 Å². The van der Waals surface area contributed by atoms with Gasteiger partial charge in [-0.1, -0.05) is 0 Å². The first-order valence-corrected chi connectivity index (χ1v) is 4.76. The maximum absolute atomic E-state index is 10.5. The lowest BCUT2D eigenvalue weighted by Gasteiger charge is -2.08. The second kappa shape index (κ2) is 5.47. The van der Waals surface area contributed by atoms with Gasteiger partial charge >= 0.3 is 0 Å². The second-order valence-electron chi connectivity index (χ2n) is 3.32. The molecule has 84 valence electrons. The van der Waals surface area contributed by atoms with E-state index in [0.717, 1.165) is 12.1 Å². The molecule has 1 aromatic heterocycles. The third-order valence-electron chi connectivity index (χ3n) is 2.15. The minimum atomic E-state index is -1.11. The monoisotopic (exact) mass is 212 g/mol. The van der Waals surface area contributed by atoms with Crippen molar-refractivity contribution in [1.82, 2.24) is 15.1 Å². The average molecular weight is 212 g/mol. The summed E-state index contributed by atoms with van der Waals surface area (Å²) in [6.07, 6.45) is 1.41. The van der Waals surface area contributed by atoms with Gasteiger partial charge in [0.2, 0.25) is 5.91 Å². The first-order valence-electron chi connectivity index (χ1n) is 4.76. The number of nitrogens with two attached hydrogens (primary N) is 1. The van der Waals surface area contributed by atoms with Gasteiger partial charge in [0.05, 0.1) is 0 Å². The third-order valence-corrected chi connectivity index (χ3v) is 2.15. The first-order chi connectivity index (χ1) is 7.11. The van der Waals surface area contributed by atoms with Gasteiger partial charge in [-0.3, -0.25) is 9.48 Å². The van der Waals surface area contributed by atoms with Gasteiger partial charge in [0.15, 0.2) is 0 Å². The predicted octanol–water partition coefficient (Wildman–Crippen LogP) is -1.60. The molecule has 4 N–H and O–H groups in total. The smallest absolute Gasteiger partial charge is 0.247 e. The second-order valence-corrected chi connectivity index (χ2v) is 3.32. The third kappa shape index (κ3) is 3.69. The Balaban J connectivity index is 2.17. The van der Waals surface area contributed by atoms with E-state index in [4.69, 9.17) is 10.8 Å². The quantitative estimate of drug-likeness (QED) is 0.495. The molecule has 0 aliphatic rings. The number of hydrogen-bond donors (Lipinski definition) is 3. The van der Waals surface area contributed by atoms with Crippen LogP contribution in [0.1, 0.15) is 5.69 Å². The largest absolute Gasteiger partial charge is 0.382 e. The van der Waals surface area contributed by atoms with Gasteiger partial charge in [-0.2, -0.15) is 5.10 Å². The Labute approximate surface area is 88.1 Å².